The molecule has 26 heavy (non-hydrogen) atoms. The van der Waals surface area contributed by atoms with E-state index in [-0.39, 0.29) is 11.8 Å². The predicted molar refractivity (Wildman–Crippen MR) is 104 cm³/mol. The number of benzene rings is 1. The first-order chi connectivity index (χ1) is 12.7. The Kier molecular flexibility index (Phi) is 4.73. The second-order valence-electron chi connectivity index (χ2n) is 7.20. The third-order valence-corrected chi connectivity index (χ3v) is 5.16. The van der Waals surface area contributed by atoms with Crippen LogP contribution < -0.4 is 15.5 Å². The molecule has 1 saturated heterocycles. The molecule has 2 aliphatic rings. The normalized spacial score (nSPS) is 17.0. The number of carbonyl (C=O) groups excluding carboxylic acids is 1. The van der Waals surface area contributed by atoms with Crippen LogP contribution in [0.2, 0.25) is 0 Å². The van der Waals surface area contributed by atoms with Crippen molar-refractivity contribution in [2.45, 2.75) is 39.0 Å². The molecule has 1 aliphatic carbocycles. The van der Waals surface area contributed by atoms with E-state index in [1.165, 1.54) is 12.8 Å². The predicted octanol–water partition coefficient (Wildman–Crippen LogP) is 3.87. The lowest BCUT2D eigenvalue weighted by molar-refractivity contribution is -0.122. The molecule has 6 heteroatoms. The molecular formula is C20H25N5O. The van der Waals surface area contributed by atoms with Gasteiger partial charge >= 0.3 is 0 Å². The maximum absolute atomic E-state index is 12.0. The molecule has 1 amide bonds. The zero-order chi connectivity index (χ0) is 17.9. The number of rotatable bonds is 5. The molecule has 1 aromatic heterocycles. The summed E-state index contributed by atoms with van der Waals surface area (Å²) in [5.74, 6) is 1.92. The average Bonchev–Trinajstić information content (AvgIpc) is 3.09. The number of hydrogen-bond acceptors (Lipinski definition) is 5. The summed E-state index contributed by atoms with van der Waals surface area (Å²) in [6, 6.07) is 9.75. The van der Waals surface area contributed by atoms with E-state index in [0.29, 0.717) is 5.95 Å². The number of aromatic nitrogens is 2. The summed E-state index contributed by atoms with van der Waals surface area (Å²) in [6.07, 6.45) is 5.63. The molecule has 0 bridgehead atoms. The molecule has 2 heterocycles. The molecule has 0 atom stereocenters. The first-order valence-electron chi connectivity index (χ1n) is 9.46. The minimum Gasteiger partial charge on any atom is -0.356 e. The van der Waals surface area contributed by atoms with E-state index in [1.807, 2.05) is 37.3 Å². The number of anilines is 4. The first kappa shape index (κ1) is 16.8. The van der Waals surface area contributed by atoms with Gasteiger partial charge < -0.3 is 15.5 Å². The van der Waals surface area contributed by atoms with Crippen LogP contribution in [-0.4, -0.2) is 29.0 Å². The van der Waals surface area contributed by atoms with E-state index in [9.17, 15) is 4.79 Å². The maximum atomic E-state index is 12.0. The van der Waals surface area contributed by atoms with E-state index in [2.05, 4.69) is 25.5 Å². The van der Waals surface area contributed by atoms with Crippen LogP contribution in [0.4, 0.5) is 23.1 Å². The fourth-order valence-electron chi connectivity index (χ4n) is 3.40. The van der Waals surface area contributed by atoms with E-state index in [1.54, 1.807) is 0 Å². The van der Waals surface area contributed by atoms with Crippen molar-refractivity contribution in [1.82, 2.24) is 9.97 Å². The van der Waals surface area contributed by atoms with Crippen molar-refractivity contribution in [3.8, 4) is 0 Å². The monoisotopic (exact) mass is 351 g/mol. The van der Waals surface area contributed by atoms with E-state index in [0.717, 1.165) is 55.2 Å². The van der Waals surface area contributed by atoms with E-state index in [4.69, 9.17) is 0 Å². The van der Waals surface area contributed by atoms with Gasteiger partial charge in [-0.1, -0.05) is 6.42 Å². The quantitative estimate of drug-likeness (QED) is 0.856. The largest absolute Gasteiger partial charge is 0.356 e. The molecule has 2 fully saturated rings. The van der Waals surface area contributed by atoms with Crippen LogP contribution in [0.25, 0.3) is 0 Å². The molecule has 0 spiro atoms. The van der Waals surface area contributed by atoms with Gasteiger partial charge in [0, 0.05) is 42.1 Å². The zero-order valence-electron chi connectivity index (χ0n) is 15.2. The second kappa shape index (κ2) is 7.32. The molecule has 2 N–H and O–H groups in total. The number of carbonyl (C=O) groups is 1. The van der Waals surface area contributed by atoms with Gasteiger partial charge in [0.1, 0.15) is 5.82 Å². The number of nitrogens with one attached hydrogen (secondary N) is 2. The zero-order valence-corrected chi connectivity index (χ0v) is 15.2. The summed E-state index contributed by atoms with van der Waals surface area (Å²) in [7, 11) is 0. The van der Waals surface area contributed by atoms with E-state index < -0.39 is 0 Å². The fourth-order valence-corrected chi connectivity index (χ4v) is 3.40. The van der Waals surface area contributed by atoms with Gasteiger partial charge in [0.25, 0.3) is 0 Å². The van der Waals surface area contributed by atoms with Crippen molar-refractivity contribution in [3.05, 3.63) is 36.0 Å². The highest BCUT2D eigenvalue weighted by molar-refractivity contribution is 5.93. The minimum absolute atomic E-state index is 0.134. The Labute approximate surface area is 154 Å². The van der Waals surface area contributed by atoms with Gasteiger partial charge in [0.05, 0.1) is 0 Å². The first-order valence-corrected chi connectivity index (χ1v) is 9.46. The Morgan fingerprint density at radius 1 is 1.04 bits per heavy atom. The summed E-state index contributed by atoms with van der Waals surface area (Å²) in [5.41, 5.74) is 2.69. The minimum atomic E-state index is 0.134. The Balaban J connectivity index is 1.42. The Bertz CT molecular complexity index is 779. The third kappa shape index (κ3) is 3.79. The van der Waals surface area contributed by atoms with Gasteiger partial charge in [-0.05, 0) is 56.9 Å². The summed E-state index contributed by atoms with van der Waals surface area (Å²) in [5, 5.41) is 6.26. The average molecular weight is 351 g/mol. The SMILES string of the molecule is Cc1cc(N2CCCC2)nc(Nc2ccc(NC(=O)C3CCC3)cc2)n1. The molecule has 1 saturated carbocycles. The molecule has 4 rings (SSSR count). The molecular weight excluding hydrogens is 326 g/mol. The van der Waals surface area contributed by atoms with Crippen molar-refractivity contribution in [2.75, 3.05) is 28.6 Å². The molecule has 6 nitrogen and oxygen atoms in total. The fraction of sp³-hybridized carbons (Fsp3) is 0.450. The Hall–Kier alpha value is -2.63. The third-order valence-electron chi connectivity index (χ3n) is 5.16. The Morgan fingerprint density at radius 2 is 1.73 bits per heavy atom. The van der Waals surface area contributed by atoms with Gasteiger partial charge in [-0.3, -0.25) is 4.79 Å². The molecule has 136 valence electrons. The van der Waals surface area contributed by atoms with Gasteiger partial charge in [0.2, 0.25) is 11.9 Å². The molecule has 2 aromatic rings. The van der Waals surface area contributed by atoms with Crippen molar-refractivity contribution >= 4 is 29.0 Å². The van der Waals surface area contributed by atoms with Gasteiger partial charge in [-0.25, -0.2) is 4.98 Å². The van der Waals surface area contributed by atoms with Crippen molar-refractivity contribution in [1.29, 1.82) is 0 Å². The van der Waals surface area contributed by atoms with Gasteiger partial charge in [-0.2, -0.15) is 4.98 Å². The lowest BCUT2D eigenvalue weighted by Crippen LogP contribution is -2.27. The Morgan fingerprint density at radius 3 is 2.38 bits per heavy atom. The van der Waals surface area contributed by atoms with Crippen molar-refractivity contribution in [3.63, 3.8) is 0 Å². The summed E-state index contributed by atoms with van der Waals surface area (Å²) >= 11 is 0. The lowest BCUT2D eigenvalue weighted by Gasteiger charge is -2.24. The van der Waals surface area contributed by atoms with Gasteiger partial charge in [0.15, 0.2) is 0 Å². The van der Waals surface area contributed by atoms with Crippen LogP contribution in [0.1, 0.15) is 37.8 Å². The highest BCUT2D eigenvalue weighted by Crippen LogP contribution is 2.28. The smallest absolute Gasteiger partial charge is 0.229 e. The summed E-state index contributed by atoms with van der Waals surface area (Å²) in [6.45, 7) is 4.11. The standard InChI is InChI=1S/C20H25N5O/c1-14-13-18(25-11-2-3-12-25)24-20(21-14)23-17-9-7-16(8-10-17)22-19(26)15-5-4-6-15/h7-10,13,15H,2-6,11-12H2,1H3,(H,22,26)(H,21,23,24). The topological polar surface area (TPSA) is 70.2 Å². The summed E-state index contributed by atoms with van der Waals surface area (Å²) < 4.78 is 0. The van der Waals surface area contributed by atoms with Gasteiger partial charge in [-0.15, -0.1) is 0 Å². The lowest BCUT2D eigenvalue weighted by atomic mass is 9.85. The van der Waals surface area contributed by atoms with Crippen molar-refractivity contribution < 1.29 is 4.79 Å². The van der Waals surface area contributed by atoms with Crippen LogP contribution in [0.15, 0.2) is 30.3 Å². The highest BCUT2D eigenvalue weighted by atomic mass is 16.1. The number of hydrogen-bond donors (Lipinski definition) is 2. The number of nitrogens with zero attached hydrogens (tertiary/aromatic N) is 3. The molecule has 1 aliphatic heterocycles. The molecule has 1 aromatic carbocycles. The highest BCUT2D eigenvalue weighted by Gasteiger charge is 2.25. The van der Waals surface area contributed by atoms with Crippen LogP contribution in [0.5, 0.6) is 0 Å². The van der Waals surface area contributed by atoms with Crippen LogP contribution in [0.3, 0.4) is 0 Å². The number of amides is 1. The summed E-state index contributed by atoms with van der Waals surface area (Å²) in [4.78, 5) is 23.5. The molecule has 0 unspecified atom stereocenters. The van der Waals surface area contributed by atoms with Crippen LogP contribution in [-0.2, 0) is 4.79 Å². The second-order valence-corrected chi connectivity index (χ2v) is 7.20. The van der Waals surface area contributed by atoms with E-state index >= 15 is 0 Å². The van der Waals surface area contributed by atoms with Crippen LogP contribution >= 0.6 is 0 Å². The maximum Gasteiger partial charge on any atom is 0.229 e. The number of aryl methyl sites for hydroxylation is 1. The van der Waals surface area contributed by atoms with Crippen LogP contribution in [0, 0.1) is 12.8 Å². The van der Waals surface area contributed by atoms with Crippen molar-refractivity contribution in [2.24, 2.45) is 5.92 Å². The molecule has 0 radical (unpaired) electrons.